The van der Waals surface area contributed by atoms with Crippen molar-refractivity contribution in [1.82, 2.24) is 10.2 Å². The highest BCUT2D eigenvalue weighted by Crippen LogP contribution is 2.45. The number of ether oxygens (including phenoxy) is 1. The zero-order valence-corrected chi connectivity index (χ0v) is 22.4. The molecule has 2 aliphatic rings. The number of rotatable bonds is 7. The summed E-state index contributed by atoms with van der Waals surface area (Å²) in [5, 5.41) is 7.87. The highest BCUT2D eigenvalue weighted by Gasteiger charge is 2.41. The third kappa shape index (κ3) is 4.02. The fourth-order valence-electron chi connectivity index (χ4n) is 5.54. The van der Waals surface area contributed by atoms with Crippen molar-refractivity contribution in [2.45, 2.75) is 49.0 Å². The molecule has 38 heavy (non-hydrogen) atoms. The number of nitrogens with one attached hydrogen (secondary N) is 1. The van der Waals surface area contributed by atoms with Gasteiger partial charge in [-0.15, -0.1) is 0 Å². The lowest BCUT2D eigenvalue weighted by Crippen LogP contribution is -2.45. The third-order valence-corrected chi connectivity index (χ3v) is 9.78. The molecule has 0 spiro atoms. The minimum atomic E-state index is -3.78. The first kappa shape index (κ1) is 24.5. The first-order valence-corrected chi connectivity index (χ1v) is 14.4. The van der Waals surface area contributed by atoms with Gasteiger partial charge in [0.05, 0.1) is 12.0 Å². The minimum Gasteiger partial charge on any atom is -0.497 e. The average molecular weight is 526 g/mol. The SMILES string of the molecule is COc1cccc(C2(c3ccccc3)C=Cc3c(N(C4CCC4)S(=O)(=O)c4ccc(C)cc4)n[nH]c3C2)c1. The molecule has 7 heteroatoms. The number of hydrogen-bond acceptors (Lipinski definition) is 4. The largest absolute Gasteiger partial charge is 0.497 e. The smallest absolute Gasteiger partial charge is 0.265 e. The third-order valence-electron chi connectivity index (χ3n) is 7.92. The van der Waals surface area contributed by atoms with E-state index >= 15 is 0 Å². The molecule has 1 atom stereocenters. The van der Waals surface area contributed by atoms with Gasteiger partial charge in [0.2, 0.25) is 0 Å². The molecule has 0 aliphatic heterocycles. The molecule has 1 N–H and O–H groups in total. The normalized spacial score (nSPS) is 19.0. The number of aromatic amines is 1. The number of aryl methyl sites for hydroxylation is 1. The van der Waals surface area contributed by atoms with Crippen LogP contribution in [0, 0.1) is 6.92 Å². The molecular weight excluding hydrogens is 494 g/mol. The quantitative estimate of drug-likeness (QED) is 0.320. The van der Waals surface area contributed by atoms with Gasteiger partial charge in [-0.1, -0.05) is 72.3 Å². The Bertz CT molecular complexity index is 1590. The maximum atomic E-state index is 13.9. The molecule has 1 aromatic heterocycles. The van der Waals surface area contributed by atoms with Crippen molar-refractivity contribution in [3.63, 3.8) is 0 Å². The second-order valence-corrected chi connectivity index (χ2v) is 12.0. The van der Waals surface area contributed by atoms with Crippen LogP contribution in [0.15, 0.2) is 89.8 Å². The summed E-state index contributed by atoms with van der Waals surface area (Å²) in [6.45, 7) is 1.95. The monoisotopic (exact) mass is 525 g/mol. The van der Waals surface area contributed by atoms with E-state index in [4.69, 9.17) is 4.74 Å². The molecule has 1 saturated carbocycles. The molecule has 0 saturated heterocycles. The summed E-state index contributed by atoms with van der Waals surface area (Å²) in [4.78, 5) is 0.293. The lowest BCUT2D eigenvalue weighted by molar-refractivity contribution is 0.413. The van der Waals surface area contributed by atoms with Crippen LogP contribution in [-0.2, 0) is 21.9 Å². The second kappa shape index (κ2) is 9.48. The van der Waals surface area contributed by atoms with Crippen molar-refractivity contribution in [1.29, 1.82) is 0 Å². The number of H-pyrrole nitrogens is 1. The van der Waals surface area contributed by atoms with E-state index in [2.05, 4.69) is 40.5 Å². The number of allylic oxidation sites excluding steroid dienone is 1. The standard InChI is InChI=1S/C31H31N3O3S/c1-22-14-16-27(17-15-22)38(35,36)34(25-11-7-12-25)30-28-18-19-31(21-29(28)32-33-30,23-8-4-3-5-9-23)24-10-6-13-26(20-24)37-2/h3-6,8-10,13-20,25H,7,11-12,21H2,1-2H3,(H,32,33). The van der Waals surface area contributed by atoms with E-state index in [1.165, 1.54) is 0 Å². The van der Waals surface area contributed by atoms with E-state index in [1.54, 1.807) is 23.5 Å². The van der Waals surface area contributed by atoms with Crippen LogP contribution in [0.1, 0.15) is 47.2 Å². The lowest BCUT2D eigenvalue weighted by atomic mass is 9.68. The Morgan fingerprint density at radius 3 is 2.39 bits per heavy atom. The van der Waals surface area contributed by atoms with Gasteiger partial charge in [0, 0.05) is 29.1 Å². The van der Waals surface area contributed by atoms with E-state index in [1.807, 2.05) is 55.5 Å². The van der Waals surface area contributed by atoms with Gasteiger partial charge in [0.25, 0.3) is 10.0 Å². The number of fused-ring (bicyclic) bond motifs is 1. The first-order valence-electron chi connectivity index (χ1n) is 13.0. The van der Waals surface area contributed by atoms with Crippen LogP contribution in [0.25, 0.3) is 6.08 Å². The van der Waals surface area contributed by atoms with Crippen molar-refractivity contribution >= 4 is 21.9 Å². The van der Waals surface area contributed by atoms with Gasteiger partial charge >= 0.3 is 0 Å². The Balaban J connectivity index is 1.46. The summed E-state index contributed by atoms with van der Waals surface area (Å²) in [6.07, 6.45) is 7.52. The van der Waals surface area contributed by atoms with Crippen LogP contribution < -0.4 is 9.04 Å². The Labute approximate surface area is 224 Å². The van der Waals surface area contributed by atoms with Crippen LogP contribution in [0.4, 0.5) is 5.82 Å². The number of methoxy groups -OCH3 is 1. The van der Waals surface area contributed by atoms with E-state index in [9.17, 15) is 8.42 Å². The molecule has 0 bridgehead atoms. The predicted molar refractivity (Wildman–Crippen MR) is 150 cm³/mol. The number of aromatic nitrogens is 2. The van der Waals surface area contributed by atoms with E-state index < -0.39 is 15.4 Å². The molecule has 1 heterocycles. The molecule has 4 aromatic rings. The number of anilines is 1. The summed E-state index contributed by atoms with van der Waals surface area (Å²) in [5.41, 5.74) is 4.57. The lowest BCUT2D eigenvalue weighted by Gasteiger charge is -2.38. The van der Waals surface area contributed by atoms with E-state index in [0.717, 1.165) is 53.0 Å². The van der Waals surface area contributed by atoms with Gasteiger partial charge in [-0.3, -0.25) is 5.10 Å². The Hall–Kier alpha value is -3.84. The molecule has 1 fully saturated rings. The number of benzene rings is 3. The van der Waals surface area contributed by atoms with Crippen LogP contribution in [0.2, 0.25) is 0 Å². The molecular formula is C31H31N3O3S. The summed E-state index contributed by atoms with van der Waals surface area (Å²) in [6, 6.07) is 25.5. The van der Waals surface area contributed by atoms with Gasteiger partial charge in [-0.25, -0.2) is 12.7 Å². The molecule has 0 amide bonds. The summed E-state index contributed by atoms with van der Waals surface area (Å²) in [5.74, 6) is 1.27. The van der Waals surface area contributed by atoms with Crippen molar-refractivity contribution in [3.05, 3.63) is 113 Å². The van der Waals surface area contributed by atoms with Crippen molar-refractivity contribution in [3.8, 4) is 5.75 Å². The highest BCUT2D eigenvalue weighted by atomic mass is 32.2. The maximum Gasteiger partial charge on any atom is 0.265 e. The molecule has 6 nitrogen and oxygen atoms in total. The van der Waals surface area contributed by atoms with Crippen LogP contribution in [-0.4, -0.2) is 31.8 Å². The van der Waals surface area contributed by atoms with Gasteiger partial charge in [-0.05, 0) is 61.6 Å². The number of hydrogen-bond donors (Lipinski definition) is 1. The first-order chi connectivity index (χ1) is 18.4. The summed E-state index contributed by atoms with van der Waals surface area (Å²) >= 11 is 0. The zero-order valence-electron chi connectivity index (χ0n) is 21.6. The van der Waals surface area contributed by atoms with Gasteiger partial charge in [0.1, 0.15) is 5.75 Å². The van der Waals surface area contributed by atoms with Gasteiger partial charge in [0.15, 0.2) is 5.82 Å². The Morgan fingerprint density at radius 2 is 1.71 bits per heavy atom. The number of nitrogens with zero attached hydrogens (tertiary/aromatic N) is 2. The molecule has 2 aliphatic carbocycles. The zero-order chi connectivity index (χ0) is 26.3. The van der Waals surface area contributed by atoms with Gasteiger partial charge < -0.3 is 4.74 Å². The topological polar surface area (TPSA) is 75.3 Å². The number of sulfonamides is 1. The fraction of sp³-hybridized carbons (Fsp3) is 0.258. The highest BCUT2D eigenvalue weighted by molar-refractivity contribution is 7.92. The van der Waals surface area contributed by atoms with Gasteiger partial charge in [-0.2, -0.15) is 5.10 Å². The van der Waals surface area contributed by atoms with Crippen molar-refractivity contribution in [2.75, 3.05) is 11.4 Å². The second-order valence-electron chi connectivity index (χ2n) is 10.2. The molecule has 0 radical (unpaired) electrons. The van der Waals surface area contributed by atoms with Crippen LogP contribution in [0.5, 0.6) is 5.75 Å². The summed E-state index contributed by atoms with van der Waals surface area (Å²) in [7, 11) is -2.10. The van der Waals surface area contributed by atoms with Crippen molar-refractivity contribution < 1.29 is 13.2 Å². The predicted octanol–water partition coefficient (Wildman–Crippen LogP) is 6.03. The molecule has 6 rings (SSSR count). The molecule has 1 unspecified atom stereocenters. The van der Waals surface area contributed by atoms with Crippen LogP contribution in [0.3, 0.4) is 0 Å². The Morgan fingerprint density at radius 1 is 0.974 bits per heavy atom. The maximum absolute atomic E-state index is 13.9. The molecule has 3 aromatic carbocycles. The van der Waals surface area contributed by atoms with E-state index in [-0.39, 0.29) is 6.04 Å². The summed E-state index contributed by atoms with van der Waals surface area (Å²) < 4.78 is 35.0. The molecule has 194 valence electrons. The average Bonchev–Trinajstić information content (AvgIpc) is 3.33. The van der Waals surface area contributed by atoms with Crippen LogP contribution >= 0.6 is 0 Å². The fourth-order valence-corrected chi connectivity index (χ4v) is 7.22. The van der Waals surface area contributed by atoms with E-state index in [0.29, 0.717) is 17.1 Å². The van der Waals surface area contributed by atoms with Crippen molar-refractivity contribution in [2.24, 2.45) is 0 Å². The Kier molecular flexibility index (Phi) is 6.11. The minimum absolute atomic E-state index is 0.0960.